The van der Waals surface area contributed by atoms with Gasteiger partial charge in [-0.1, -0.05) is 23.4 Å². The van der Waals surface area contributed by atoms with Gasteiger partial charge in [0.15, 0.2) is 5.76 Å². The zero-order valence-electron chi connectivity index (χ0n) is 15.2. The van der Waals surface area contributed by atoms with Gasteiger partial charge in [0.25, 0.3) is 0 Å². The minimum Gasteiger partial charge on any atom is -0.360 e. The number of nitrogens with zero attached hydrogens (tertiary/aromatic N) is 2. The zero-order valence-corrected chi connectivity index (χ0v) is 16.1. The summed E-state index contributed by atoms with van der Waals surface area (Å²) < 4.78 is 32.6. The highest BCUT2D eigenvalue weighted by molar-refractivity contribution is 7.89. The lowest BCUT2D eigenvalue weighted by molar-refractivity contribution is 0.319. The van der Waals surface area contributed by atoms with E-state index in [2.05, 4.69) is 35.3 Å². The summed E-state index contributed by atoms with van der Waals surface area (Å²) in [5, 5.41) is 5.04. The van der Waals surface area contributed by atoms with E-state index in [1.165, 1.54) is 16.6 Å². The van der Waals surface area contributed by atoms with E-state index in [1.807, 2.05) is 6.07 Å². The molecular weight excluding hydrogens is 350 g/mol. The second-order valence-electron chi connectivity index (χ2n) is 7.04. The minimum absolute atomic E-state index is 0.222. The molecule has 3 heterocycles. The lowest BCUT2D eigenvalue weighted by Gasteiger charge is -2.31. The monoisotopic (exact) mass is 373 g/mol. The van der Waals surface area contributed by atoms with Crippen molar-refractivity contribution in [2.45, 2.75) is 44.4 Å². The van der Waals surface area contributed by atoms with Crippen LogP contribution in [0.4, 0.5) is 0 Å². The van der Waals surface area contributed by atoms with Gasteiger partial charge in [-0.25, -0.2) is 8.42 Å². The Hall–Kier alpha value is -2.12. The highest BCUT2D eigenvalue weighted by Gasteiger charge is 2.34. The molecule has 26 heavy (non-hydrogen) atoms. The Morgan fingerprint density at radius 2 is 1.85 bits per heavy atom. The third-order valence-corrected chi connectivity index (χ3v) is 7.52. The Balaban J connectivity index is 1.59. The lowest BCUT2D eigenvalue weighted by atomic mass is 9.88. The maximum absolute atomic E-state index is 13.0. The molecule has 1 fully saturated rings. The number of H-pyrrole nitrogens is 1. The van der Waals surface area contributed by atoms with Gasteiger partial charge in [-0.2, -0.15) is 4.31 Å². The summed E-state index contributed by atoms with van der Waals surface area (Å²) in [7, 11) is -3.56. The van der Waals surface area contributed by atoms with Crippen molar-refractivity contribution in [3.05, 3.63) is 47.0 Å². The second kappa shape index (κ2) is 6.25. The number of aromatic nitrogens is 2. The zero-order chi connectivity index (χ0) is 18.5. The summed E-state index contributed by atoms with van der Waals surface area (Å²) >= 11 is 0. The maximum Gasteiger partial charge on any atom is 0.248 e. The van der Waals surface area contributed by atoms with Crippen LogP contribution in [0, 0.1) is 20.8 Å². The van der Waals surface area contributed by atoms with Crippen LogP contribution in [0.15, 0.2) is 33.7 Å². The highest BCUT2D eigenvalue weighted by Crippen LogP contribution is 2.37. The fraction of sp³-hybridized carbons (Fsp3) is 0.421. The Morgan fingerprint density at radius 3 is 2.50 bits per heavy atom. The molecule has 0 saturated carbocycles. The number of aryl methyl sites for hydroxylation is 3. The molecule has 3 aromatic rings. The average molecular weight is 373 g/mol. The van der Waals surface area contributed by atoms with Crippen LogP contribution in [-0.2, 0) is 10.0 Å². The number of aromatic amines is 1. The number of para-hydroxylation sites is 1. The van der Waals surface area contributed by atoms with Crippen molar-refractivity contribution in [2.24, 2.45) is 0 Å². The predicted molar refractivity (Wildman–Crippen MR) is 99.7 cm³/mol. The van der Waals surface area contributed by atoms with Gasteiger partial charge in [-0.15, -0.1) is 0 Å². The third kappa shape index (κ3) is 2.66. The molecule has 7 heteroatoms. The quantitative estimate of drug-likeness (QED) is 0.760. The Morgan fingerprint density at radius 1 is 1.15 bits per heavy atom. The molecule has 0 bridgehead atoms. The number of hydrogen-bond acceptors (Lipinski definition) is 4. The van der Waals surface area contributed by atoms with Gasteiger partial charge >= 0.3 is 0 Å². The topological polar surface area (TPSA) is 79.2 Å². The second-order valence-corrected chi connectivity index (χ2v) is 8.92. The molecule has 2 aromatic heterocycles. The molecule has 4 rings (SSSR count). The lowest BCUT2D eigenvalue weighted by Crippen LogP contribution is -2.38. The first kappa shape index (κ1) is 17.3. The number of hydrogen-bond donors (Lipinski definition) is 1. The Labute approximate surface area is 153 Å². The molecule has 1 aromatic carbocycles. The van der Waals surface area contributed by atoms with E-state index in [0.29, 0.717) is 30.5 Å². The van der Waals surface area contributed by atoms with E-state index in [4.69, 9.17) is 4.52 Å². The number of piperidine rings is 1. The van der Waals surface area contributed by atoms with Crippen LogP contribution < -0.4 is 0 Å². The molecular formula is C19H23N3O3S. The van der Waals surface area contributed by atoms with Crippen molar-refractivity contribution in [1.82, 2.24) is 14.4 Å². The fourth-order valence-corrected chi connectivity index (χ4v) is 5.94. The Kier molecular flexibility index (Phi) is 4.16. The molecule has 138 valence electrons. The molecule has 0 atom stereocenters. The van der Waals surface area contributed by atoms with Gasteiger partial charge in [-0.05, 0) is 51.2 Å². The standard InChI is InChI=1S/C19H23N3O3S/c1-12-18(16-6-4-5-7-17(16)20-12)15-8-10-22(11-9-15)26(23,24)19-13(2)21-25-14(19)3/h4-7,15,20H,8-11H2,1-3H3. The molecule has 0 aliphatic carbocycles. The molecule has 1 saturated heterocycles. The molecule has 0 radical (unpaired) electrons. The van der Waals surface area contributed by atoms with E-state index in [0.717, 1.165) is 18.4 Å². The van der Waals surface area contributed by atoms with Crippen LogP contribution in [0.1, 0.15) is 41.5 Å². The highest BCUT2D eigenvalue weighted by atomic mass is 32.2. The van der Waals surface area contributed by atoms with Crippen molar-refractivity contribution in [3.63, 3.8) is 0 Å². The molecule has 1 N–H and O–H groups in total. The van der Waals surface area contributed by atoms with E-state index in [-0.39, 0.29) is 4.90 Å². The Bertz CT molecular complexity index is 1040. The van der Waals surface area contributed by atoms with Gasteiger partial charge in [0.1, 0.15) is 10.6 Å². The number of nitrogens with one attached hydrogen (secondary N) is 1. The number of rotatable bonds is 3. The molecule has 1 aliphatic rings. The van der Waals surface area contributed by atoms with Crippen molar-refractivity contribution < 1.29 is 12.9 Å². The summed E-state index contributed by atoms with van der Waals surface area (Å²) in [4.78, 5) is 3.67. The SMILES string of the molecule is Cc1noc(C)c1S(=O)(=O)N1CCC(c2c(C)[nH]c3ccccc23)CC1. The smallest absolute Gasteiger partial charge is 0.248 e. The average Bonchev–Trinajstić information content (AvgIpc) is 3.13. The minimum atomic E-state index is -3.56. The van der Waals surface area contributed by atoms with Gasteiger partial charge in [0.05, 0.1) is 0 Å². The van der Waals surface area contributed by atoms with Crippen LogP contribution in [0.5, 0.6) is 0 Å². The van der Waals surface area contributed by atoms with Crippen molar-refractivity contribution in [2.75, 3.05) is 13.1 Å². The van der Waals surface area contributed by atoms with Gasteiger partial charge in [-0.3, -0.25) is 0 Å². The van der Waals surface area contributed by atoms with Gasteiger partial charge in [0, 0.05) is 29.7 Å². The van der Waals surface area contributed by atoms with Gasteiger partial charge in [0.2, 0.25) is 10.0 Å². The molecule has 1 aliphatic heterocycles. The van der Waals surface area contributed by atoms with Crippen molar-refractivity contribution in [3.8, 4) is 0 Å². The molecule has 6 nitrogen and oxygen atoms in total. The first-order chi connectivity index (χ1) is 12.4. The van der Waals surface area contributed by atoms with E-state index in [1.54, 1.807) is 18.2 Å². The van der Waals surface area contributed by atoms with Crippen molar-refractivity contribution in [1.29, 1.82) is 0 Å². The van der Waals surface area contributed by atoms with Crippen LogP contribution in [0.2, 0.25) is 0 Å². The molecule has 0 unspecified atom stereocenters. The maximum atomic E-state index is 13.0. The predicted octanol–water partition coefficient (Wildman–Crippen LogP) is 3.65. The van der Waals surface area contributed by atoms with Crippen LogP contribution in [0.3, 0.4) is 0 Å². The van der Waals surface area contributed by atoms with Crippen LogP contribution in [-0.4, -0.2) is 36.0 Å². The summed E-state index contributed by atoms with van der Waals surface area (Å²) in [5.41, 5.74) is 4.08. The first-order valence-corrected chi connectivity index (χ1v) is 10.3. The van der Waals surface area contributed by atoms with Gasteiger partial charge < -0.3 is 9.51 Å². The summed E-state index contributed by atoms with van der Waals surface area (Å²) in [5.74, 6) is 0.722. The first-order valence-electron chi connectivity index (χ1n) is 8.90. The largest absolute Gasteiger partial charge is 0.360 e. The number of fused-ring (bicyclic) bond motifs is 1. The van der Waals surface area contributed by atoms with Crippen molar-refractivity contribution >= 4 is 20.9 Å². The third-order valence-electron chi connectivity index (χ3n) is 5.37. The summed E-state index contributed by atoms with van der Waals surface area (Å²) in [6.45, 7) is 6.44. The number of sulfonamides is 1. The number of benzene rings is 1. The van der Waals surface area contributed by atoms with E-state index in [9.17, 15) is 8.42 Å². The summed E-state index contributed by atoms with van der Waals surface area (Å²) in [6.07, 6.45) is 1.62. The van der Waals surface area contributed by atoms with Crippen LogP contribution >= 0.6 is 0 Å². The molecule has 0 spiro atoms. The molecule has 0 amide bonds. The van der Waals surface area contributed by atoms with E-state index >= 15 is 0 Å². The normalized spacial score (nSPS) is 17.2. The summed E-state index contributed by atoms with van der Waals surface area (Å²) in [6, 6.07) is 8.31. The fourth-order valence-electron chi connectivity index (χ4n) is 4.18. The van der Waals surface area contributed by atoms with E-state index < -0.39 is 10.0 Å². The van der Waals surface area contributed by atoms with Crippen LogP contribution in [0.25, 0.3) is 10.9 Å².